The zero-order valence-electron chi connectivity index (χ0n) is 15.3. The van der Waals surface area contributed by atoms with Gasteiger partial charge in [-0.1, -0.05) is 31.0 Å². The van der Waals surface area contributed by atoms with E-state index in [-0.39, 0.29) is 5.54 Å². The zero-order chi connectivity index (χ0) is 17.1. The van der Waals surface area contributed by atoms with Crippen LogP contribution in [0.1, 0.15) is 51.4 Å². The molecule has 0 radical (unpaired) electrons. The van der Waals surface area contributed by atoms with Crippen molar-refractivity contribution < 1.29 is 4.79 Å². The summed E-state index contributed by atoms with van der Waals surface area (Å²) in [5.74, 6) is 0.423. The Morgan fingerprint density at radius 3 is 2.40 bits per heavy atom. The lowest BCUT2D eigenvalue weighted by molar-refractivity contribution is -0.145. The van der Waals surface area contributed by atoms with E-state index in [1.165, 1.54) is 25.7 Å². The van der Waals surface area contributed by atoms with Crippen molar-refractivity contribution in [3.05, 3.63) is 30.3 Å². The van der Waals surface area contributed by atoms with E-state index in [4.69, 9.17) is 0 Å². The standard InChI is InChI=1S/C21H31N3O/c25-20(21(12-4-5-13-21)24-15-6-7-16-24)23-14-8-11-19(17-23)22-18-9-2-1-3-10-18/h1-3,9-10,19,22H,4-8,11-17H2/t19-/m0/s1. The molecular formula is C21H31N3O. The molecule has 1 aliphatic carbocycles. The van der Waals surface area contributed by atoms with Gasteiger partial charge in [0.15, 0.2) is 0 Å². The molecule has 4 rings (SSSR count). The largest absolute Gasteiger partial charge is 0.381 e. The highest BCUT2D eigenvalue weighted by Crippen LogP contribution is 2.39. The average molecular weight is 341 g/mol. The molecule has 1 N–H and O–H groups in total. The number of carbonyl (C=O) groups is 1. The Labute approximate surface area is 151 Å². The number of nitrogens with zero attached hydrogens (tertiary/aromatic N) is 2. The van der Waals surface area contributed by atoms with E-state index in [0.717, 1.165) is 57.5 Å². The number of hydrogen-bond donors (Lipinski definition) is 1. The van der Waals surface area contributed by atoms with Crippen LogP contribution in [0, 0.1) is 0 Å². The Kier molecular flexibility index (Phi) is 4.98. The van der Waals surface area contributed by atoms with Crippen LogP contribution in [-0.2, 0) is 4.79 Å². The third-order valence-electron chi connectivity index (χ3n) is 6.39. The summed E-state index contributed by atoms with van der Waals surface area (Å²) < 4.78 is 0. The Hall–Kier alpha value is -1.55. The number of hydrogen-bond acceptors (Lipinski definition) is 3. The van der Waals surface area contributed by atoms with Crippen molar-refractivity contribution in [3.63, 3.8) is 0 Å². The van der Waals surface area contributed by atoms with E-state index in [1.54, 1.807) is 0 Å². The Bertz CT molecular complexity index is 576. The first-order valence-electron chi connectivity index (χ1n) is 10.1. The van der Waals surface area contributed by atoms with Crippen molar-refractivity contribution in [2.45, 2.75) is 62.9 Å². The number of nitrogens with one attached hydrogen (secondary N) is 1. The van der Waals surface area contributed by atoms with Crippen molar-refractivity contribution in [1.29, 1.82) is 0 Å². The molecule has 4 nitrogen and oxygen atoms in total. The minimum absolute atomic E-state index is 0.175. The van der Waals surface area contributed by atoms with E-state index < -0.39 is 0 Å². The number of piperidine rings is 1. The van der Waals surface area contributed by atoms with Crippen LogP contribution in [0.25, 0.3) is 0 Å². The van der Waals surface area contributed by atoms with Gasteiger partial charge in [0.25, 0.3) is 0 Å². The van der Waals surface area contributed by atoms with Crippen LogP contribution in [0.4, 0.5) is 5.69 Å². The molecule has 0 aromatic heterocycles. The minimum atomic E-state index is -0.175. The highest BCUT2D eigenvalue weighted by atomic mass is 16.2. The SMILES string of the molecule is O=C(N1CCC[C@H](Nc2ccccc2)C1)C1(N2CCCC2)CCCC1. The lowest BCUT2D eigenvalue weighted by atomic mass is 9.91. The van der Waals surface area contributed by atoms with Gasteiger partial charge in [-0.2, -0.15) is 0 Å². The summed E-state index contributed by atoms with van der Waals surface area (Å²) in [5, 5.41) is 3.63. The molecule has 1 aromatic rings. The Balaban J connectivity index is 1.45. The van der Waals surface area contributed by atoms with Gasteiger partial charge in [0.2, 0.25) is 5.91 Å². The second-order valence-corrected chi connectivity index (χ2v) is 8.03. The van der Waals surface area contributed by atoms with Gasteiger partial charge in [0.05, 0.1) is 0 Å². The van der Waals surface area contributed by atoms with Crippen LogP contribution in [0.5, 0.6) is 0 Å². The molecule has 1 saturated carbocycles. The van der Waals surface area contributed by atoms with E-state index in [1.807, 2.05) is 6.07 Å². The number of rotatable bonds is 4. The Morgan fingerprint density at radius 1 is 0.960 bits per heavy atom. The van der Waals surface area contributed by atoms with Crippen LogP contribution in [0.2, 0.25) is 0 Å². The molecule has 1 aromatic carbocycles. The average Bonchev–Trinajstić information content (AvgIpc) is 3.34. The fourth-order valence-electron chi connectivity index (χ4n) is 5.11. The van der Waals surface area contributed by atoms with Gasteiger partial charge in [0.1, 0.15) is 5.54 Å². The molecule has 25 heavy (non-hydrogen) atoms. The smallest absolute Gasteiger partial charge is 0.243 e. The summed E-state index contributed by atoms with van der Waals surface area (Å²) in [6.07, 6.45) is 9.32. The van der Waals surface area contributed by atoms with Gasteiger partial charge in [-0.05, 0) is 63.7 Å². The fraction of sp³-hybridized carbons (Fsp3) is 0.667. The number of para-hydroxylation sites is 1. The van der Waals surface area contributed by atoms with E-state index in [2.05, 4.69) is 39.4 Å². The highest BCUT2D eigenvalue weighted by molar-refractivity contribution is 5.87. The van der Waals surface area contributed by atoms with E-state index in [0.29, 0.717) is 11.9 Å². The lowest BCUT2D eigenvalue weighted by Crippen LogP contribution is -2.59. The van der Waals surface area contributed by atoms with Crippen LogP contribution in [0.3, 0.4) is 0 Å². The molecule has 3 fully saturated rings. The number of benzene rings is 1. The third-order valence-corrected chi connectivity index (χ3v) is 6.39. The summed E-state index contributed by atoms with van der Waals surface area (Å²) >= 11 is 0. The highest BCUT2D eigenvalue weighted by Gasteiger charge is 2.49. The van der Waals surface area contributed by atoms with Crippen molar-refractivity contribution >= 4 is 11.6 Å². The summed E-state index contributed by atoms with van der Waals surface area (Å²) in [4.78, 5) is 18.3. The zero-order valence-corrected chi connectivity index (χ0v) is 15.3. The molecule has 1 atom stereocenters. The maximum atomic E-state index is 13.6. The lowest BCUT2D eigenvalue weighted by Gasteiger charge is -2.43. The van der Waals surface area contributed by atoms with Gasteiger partial charge in [0, 0.05) is 24.8 Å². The first-order chi connectivity index (χ1) is 12.3. The number of anilines is 1. The molecule has 4 heteroatoms. The normalized spacial score (nSPS) is 26.7. The summed E-state index contributed by atoms with van der Waals surface area (Å²) in [6, 6.07) is 10.8. The van der Waals surface area contributed by atoms with Crippen molar-refractivity contribution in [2.75, 3.05) is 31.5 Å². The summed E-state index contributed by atoms with van der Waals surface area (Å²) in [7, 11) is 0. The van der Waals surface area contributed by atoms with Gasteiger partial charge in [-0.3, -0.25) is 9.69 Å². The Morgan fingerprint density at radius 2 is 1.68 bits per heavy atom. The van der Waals surface area contributed by atoms with Gasteiger partial charge >= 0.3 is 0 Å². The second-order valence-electron chi connectivity index (χ2n) is 8.03. The molecular weight excluding hydrogens is 310 g/mol. The molecule has 0 bridgehead atoms. The van der Waals surface area contributed by atoms with Gasteiger partial charge < -0.3 is 10.2 Å². The molecule has 0 unspecified atom stereocenters. The molecule has 2 heterocycles. The summed E-state index contributed by atoms with van der Waals surface area (Å²) in [6.45, 7) is 4.02. The molecule has 3 aliphatic rings. The number of amides is 1. The quantitative estimate of drug-likeness (QED) is 0.910. The van der Waals surface area contributed by atoms with Crippen LogP contribution in [0.15, 0.2) is 30.3 Å². The molecule has 136 valence electrons. The van der Waals surface area contributed by atoms with Crippen molar-refractivity contribution in [3.8, 4) is 0 Å². The topological polar surface area (TPSA) is 35.6 Å². The van der Waals surface area contributed by atoms with Crippen LogP contribution >= 0.6 is 0 Å². The molecule has 2 aliphatic heterocycles. The number of carbonyl (C=O) groups excluding carboxylic acids is 1. The van der Waals surface area contributed by atoms with Crippen LogP contribution in [-0.4, -0.2) is 53.5 Å². The fourth-order valence-corrected chi connectivity index (χ4v) is 5.11. The van der Waals surface area contributed by atoms with E-state index in [9.17, 15) is 4.79 Å². The monoisotopic (exact) mass is 341 g/mol. The second kappa shape index (κ2) is 7.36. The first-order valence-corrected chi connectivity index (χ1v) is 10.1. The number of likely N-dealkylation sites (tertiary alicyclic amines) is 2. The molecule has 2 saturated heterocycles. The van der Waals surface area contributed by atoms with Crippen molar-refractivity contribution in [2.24, 2.45) is 0 Å². The minimum Gasteiger partial charge on any atom is -0.381 e. The predicted molar refractivity (Wildman–Crippen MR) is 102 cm³/mol. The predicted octanol–water partition coefficient (Wildman–Crippen LogP) is 3.50. The van der Waals surface area contributed by atoms with Crippen LogP contribution < -0.4 is 5.32 Å². The molecule has 0 spiro atoms. The van der Waals surface area contributed by atoms with Crippen molar-refractivity contribution in [1.82, 2.24) is 9.80 Å². The maximum absolute atomic E-state index is 13.6. The van der Waals surface area contributed by atoms with E-state index >= 15 is 0 Å². The molecule has 1 amide bonds. The summed E-state index contributed by atoms with van der Waals surface area (Å²) in [5.41, 5.74) is 0.988. The maximum Gasteiger partial charge on any atom is 0.243 e. The third kappa shape index (κ3) is 3.41. The first kappa shape index (κ1) is 16.9. The van der Waals surface area contributed by atoms with Gasteiger partial charge in [-0.15, -0.1) is 0 Å². The van der Waals surface area contributed by atoms with Gasteiger partial charge in [-0.25, -0.2) is 0 Å².